The van der Waals surface area contributed by atoms with Crippen molar-refractivity contribution in [2.45, 2.75) is 6.92 Å². The van der Waals surface area contributed by atoms with Gasteiger partial charge in [0, 0.05) is 6.20 Å². The maximum Gasteiger partial charge on any atom is 0.323 e. The zero-order chi connectivity index (χ0) is 22.1. The topological polar surface area (TPSA) is 101 Å². The Bertz CT molecular complexity index is 1310. The average molecular weight is 454 g/mol. The SMILES string of the molecule is Cc1ccc(Oc2nc3ccccn3c(=O)c2/C=C2/SC(=S)N(CC(=O)O)C2=O)cc1. The van der Waals surface area contributed by atoms with Crippen LogP contribution in [0, 0.1) is 6.92 Å². The number of rotatable bonds is 5. The first-order chi connectivity index (χ1) is 14.8. The minimum Gasteiger partial charge on any atom is -0.480 e. The van der Waals surface area contributed by atoms with E-state index in [1.807, 2.05) is 19.1 Å². The number of nitrogens with zero attached hydrogens (tertiary/aromatic N) is 3. The number of aromatic nitrogens is 2. The van der Waals surface area contributed by atoms with Crippen LogP contribution in [0.15, 0.2) is 58.4 Å². The number of aliphatic carboxylic acids is 1. The third kappa shape index (κ3) is 4.21. The van der Waals surface area contributed by atoms with E-state index in [0.29, 0.717) is 11.4 Å². The average Bonchev–Trinajstić information content (AvgIpc) is 2.99. The quantitative estimate of drug-likeness (QED) is 0.465. The lowest BCUT2D eigenvalue weighted by molar-refractivity contribution is -0.140. The Balaban J connectivity index is 1.83. The molecule has 0 aliphatic carbocycles. The van der Waals surface area contributed by atoms with Crippen LogP contribution in [0.5, 0.6) is 11.6 Å². The number of carbonyl (C=O) groups excluding carboxylic acids is 1. The Morgan fingerprint density at radius 2 is 1.97 bits per heavy atom. The lowest BCUT2D eigenvalue weighted by atomic mass is 10.2. The molecule has 0 saturated carbocycles. The highest BCUT2D eigenvalue weighted by Gasteiger charge is 2.34. The molecule has 0 spiro atoms. The van der Waals surface area contributed by atoms with Gasteiger partial charge in [0.2, 0.25) is 5.88 Å². The first kappa shape index (κ1) is 20.8. The van der Waals surface area contributed by atoms with Crippen molar-refractivity contribution in [3.63, 3.8) is 0 Å². The molecule has 1 aromatic carbocycles. The van der Waals surface area contributed by atoms with Gasteiger partial charge in [-0.3, -0.25) is 23.7 Å². The molecule has 8 nitrogen and oxygen atoms in total. The summed E-state index contributed by atoms with van der Waals surface area (Å²) in [5, 5.41) is 9.01. The monoisotopic (exact) mass is 453 g/mol. The molecule has 10 heteroatoms. The van der Waals surface area contributed by atoms with Gasteiger partial charge in [-0.15, -0.1) is 0 Å². The fourth-order valence-electron chi connectivity index (χ4n) is 2.90. The van der Waals surface area contributed by atoms with Crippen molar-refractivity contribution < 1.29 is 19.4 Å². The van der Waals surface area contributed by atoms with Crippen molar-refractivity contribution in [2.75, 3.05) is 6.54 Å². The van der Waals surface area contributed by atoms with Gasteiger partial charge in [0.05, 0.1) is 4.91 Å². The number of benzene rings is 1. The van der Waals surface area contributed by atoms with Crippen molar-refractivity contribution >= 4 is 51.9 Å². The Labute approximate surface area is 185 Å². The number of amides is 1. The van der Waals surface area contributed by atoms with Gasteiger partial charge in [0.1, 0.15) is 27.8 Å². The summed E-state index contributed by atoms with van der Waals surface area (Å²) >= 11 is 6.05. The van der Waals surface area contributed by atoms with Gasteiger partial charge in [0.25, 0.3) is 11.5 Å². The standard InChI is InChI=1S/C21H15N3O5S2/c1-12-5-7-13(8-6-12)29-18-14(19(27)23-9-3-2-4-16(23)22-18)10-15-20(28)24(11-17(25)26)21(30)31-15/h2-10H,11H2,1H3,(H,25,26)/b15-10+. The zero-order valence-corrected chi connectivity index (χ0v) is 17.8. The lowest BCUT2D eigenvalue weighted by Crippen LogP contribution is -2.33. The number of thioether (sulfide) groups is 1. The highest BCUT2D eigenvalue weighted by molar-refractivity contribution is 8.26. The summed E-state index contributed by atoms with van der Waals surface area (Å²) in [6.45, 7) is 1.39. The van der Waals surface area contributed by atoms with Crippen LogP contribution in [0.1, 0.15) is 11.1 Å². The smallest absolute Gasteiger partial charge is 0.323 e. The molecule has 1 aliphatic heterocycles. The van der Waals surface area contributed by atoms with Gasteiger partial charge >= 0.3 is 5.97 Å². The summed E-state index contributed by atoms with van der Waals surface area (Å²) in [7, 11) is 0. The Hall–Kier alpha value is -3.50. The number of thiocarbonyl (C=S) groups is 1. The van der Waals surface area contributed by atoms with E-state index in [9.17, 15) is 14.4 Å². The maximum atomic E-state index is 13.2. The van der Waals surface area contributed by atoms with E-state index in [1.165, 1.54) is 10.5 Å². The van der Waals surface area contributed by atoms with E-state index in [0.717, 1.165) is 22.2 Å². The molecule has 1 N–H and O–H groups in total. The van der Waals surface area contributed by atoms with E-state index >= 15 is 0 Å². The van der Waals surface area contributed by atoms with Crippen LogP contribution in [0.25, 0.3) is 11.7 Å². The van der Waals surface area contributed by atoms with Crippen molar-refractivity contribution in [3.8, 4) is 11.6 Å². The van der Waals surface area contributed by atoms with Crippen LogP contribution in [0.3, 0.4) is 0 Å². The summed E-state index contributed by atoms with van der Waals surface area (Å²) < 4.78 is 7.33. The van der Waals surface area contributed by atoms with Crippen LogP contribution in [-0.2, 0) is 9.59 Å². The zero-order valence-electron chi connectivity index (χ0n) is 16.1. The number of pyridine rings is 1. The second-order valence-corrected chi connectivity index (χ2v) is 8.32. The van der Waals surface area contributed by atoms with Crippen molar-refractivity contribution in [3.05, 3.63) is 75.0 Å². The van der Waals surface area contributed by atoms with Gasteiger partial charge in [-0.2, -0.15) is 4.98 Å². The van der Waals surface area contributed by atoms with Gasteiger partial charge in [-0.1, -0.05) is 47.7 Å². The van der Waals surface area contributed by atoms with Crippen LogP contribution in [0.4, 0.5) is 0 Å². The molecule has 0 unspecified atom stereocenters. The molecule has 0 atom stereocenters. The predicted octanol–water partition coefficient (Wildman–Crippen LogP) is 3.08. The summed E-state index contributed by atoms with van der Waals surface area (Å²) in [4.78, 5) is 42.4. The third-order valence-corrected chi connectivity index (χ3v) is 5.79. The number of hydrogen-bond acceptors (Lipinski definition) is 7. The molecule has 3 heterocycles. The summed E-state index contributed by atoms with van der Waals surface area (Å²) in [6, 6.07) is 12.3. The Morgan fingerprint density at radius 3 is 2.68 bits per heavy atom. The van der Waals surface area contributed by atoms with Crippen LogP contribution in [-0.4, -0.2) is 42.1 Å². The number of hydrogen-bond donors (Lipinski definition) is 1. The lowest BCUT2D eigenvalue weighted by Gasteiger charge is -2.11. The van der Waals surface area contributed by atoms with E-state index in [1.54, 1.807) is 36.5 Å². The molecule has 3 aromatic rings. The first-order valence-electron chi connectivity index (χ1n) is 9.06. The molecule has 1 fully saturated rings. The number of carboxylic acids is 1. The van der Waals surface area contributed by atoms with Gasteiger partial charge in [-0.05, 0) is 37.3 Å². The number of aryl methyl sites for hydroxylation is 1. The minimum absolute atomic E-state index is 0.0311. The van der Waals surface area contributed by atoms with Gasteiger partial charge in [0.15, 0.2) is 0 Å². The third-order valence-electron chi connectivity index (χ3n) is 4.41. The predicted molar refractivity (Wildman–Crippen MR) is 120 cm³/mol. The molecule has 1 amide bonds. The van der Waals surface area contributed by atoms with E-state index < -0.39 is 24.0 Å². The van der Waals surface area contributed by atoms with E-state index in [2.05, 4.69) is 4.98 Å². The summed E-state index contributed by atoms with van der Waals surface area (Å²) in [6.07, 6.45) is 2.91. The Kier molecular flexibility index (Phi) is 5.57. The highest BCUT2D eigenvalue weighted by Crippen LogP contribution is 2.34. The number of ether oxygens (including phenoxy) is 1. The summed E-state index contributed by atoms with van der Waals surface area (Å²) in [5.41, 5.74) is 1.04. The highest BCUT2D eigenvalue weighted by atomic mass is 32.2. The van der Waals surface area contributed by atoms with Crippen molar-refractivity contribution in [1.29, 1.82) is 0 Å². The Morgan fingerprint density at radius 1 is 1.23 bits per heavy atom. The molecule has 31 heavy (non-hydrogen) atoms. The summed E-state index contributed by atoms with van der Waals surface area (Å²) in [5.74, 6) is -1.26. The molecular weight excluding hydrogens is 438 g/mol. The molecule has 1 saturated heterocycles. The molecule has 4 rings (SSSR count). The molecule has 0 bridgehead atoms. The van der Waals surface area contributed by atoms with Crippen LogP contribution < -0.4 is 10.3 Å². The molecule has 1 aliphatic rings. The molecule has 0 radical (unpaired) electrons. The minimum atomic E-state index is -1.19. The maximum absolute atomic E-state index is 13.2. The van der Waals surface area contributed by atoms with Gasteiger partial charge in [-0.25, -0.2) is 0 Å². The second kappa shape index (κ2) is 8.32. The molecule has 2 aromatic heterocycles. The molecule has 156 valence electrons. The van der Waals surface area contributed by atoms with Crippen molar-refractivity contribution in [1.82, 2.24) is 14.3 Å². The number of fused-ring (bicyclic) bond motifs is 1. The second-order valence-electron chi connectivity index (χ2n) is 6.64. The van der Waals surface area contributed by atoms with E-state index in [-0.39, 0.29) is 20.7 Å². The fourth-order valence-corrected chi connectivity index (χ4v) is 4.14. The molecular formula is C21H15N3O5S2. The van der Waals surface area contributed by atoms with Crippen molar-refractivity contribution in [2.24, 2.45) is 0 Å². The van der Waals surface area contributed by atoms with Crippen LogP contribution in [0.2, 0.25) is 0 Å². The van der Waals surface area contributed by atoms with Crippen LogP contribution >= 0.6 is 24.0 Å². The first-order valence-corrected chi connectivity index (χ1v) is 10.3. The number of carboxylic acid groups (broad SMARTS) is 1. The van der Waals surface area contributed by atoms with Gasteiger partial charge < -0.3 is 9.84 Å². The van der Waals surface area contributed by atoms with E-state index in [4.69, 9.17) is 22.1 Å². The largest absolute Gasteiger partial charge is 0.480 e. The number of carbonyl (C=O) groups is 2. The fraction of sp³-hybridized carbons (Fsp3) is 0.0952. The normalized spacial score (nSPS) is 15.1.